The van der Waals surface area contributed by atoms with Crippen molar-refractivity contribution in [3.05, 3.63) is 58.6 Å². The minimum Gasteiger partial charge on any atom is -0.355 e. The molecule has 21 heavy (non-hydrogen) atoms. The Morgan fingerprint density at radius 3 is 2.62 bits per heavy atom. The zero-order valence-corrected chi connectivity index (χ0v) is 11.7. The molecular weight excluding hydrogens is 297 g/mol. The van der Waals surface area contributed by atoms with Gasteiger partial charge in [-0.15, -0.1) is 0 Å². The van der Waals surface area contributed by atoms with Gasteiger partial charge < -0.3 is 10.6 Å². The van der Waals surface area contributed by atoms with Gasteiger partial charge in [0, 0.05) is 18.8 Å². The molecular formula is C14H11ClFN3O2. The van der Waals surface area contributed by atoms with Gasteiger partial charge in [0.1, 0.15) is 0 Å². The van der Waals surface area contributed by atoms with Crippen LogP contribution in [0.3, 0.4) is 0 Å². The number of nitrogens with one attached hydrogen (secondary N) is 2. The van der Waals surface area contributed by atoms with E-state index >= 15 is 0 Å². The fraction of sp³-hybridized carbons (Fsp3) is 0.0714. The molecule has 0 aliphatic carbocycles. The van der Waals surface area contributed by atoms with E-state index in [1.165, 1.54) is 37.5 Å². The molecule has 1 aromatic heterocycles. The van der Waals surface area contributed by atoms with Gasteiger partial charge in [-0.25, -0.2) is 4.39 Å². The van der Waals surface area contributed by atoms with E-state index in [1.807, 2.05) is 0 Å². The predicted molar refractivity (Wildman–Crippen MR) is 77.0 cm³/mol. The third kappa shape index (κ3) is 3.35. The van der Waals surface area contributed by atoms with Crippen LogP contribution in [0.1, 0.15) is 20.7 Å². The van der Waals surface area contributed by atoms with E-state index in [2.05, 4.69) is 15.6 Å². The number of carbonyl (C=O) groups excluding carboxylic acids is 2. The lowest BCUT2D eigenvalue weighted by Gasteiger charge is -2.09. The van der Waals surface area contributed by atoms with Crippen molar-refractivity contribution >= 4 is 29.1 Å². The van der Waals surface area contributed by atoms with Crippen LogP contribution in [0.2, 0.25) is 5.02 Å². The summed E-state index contributed by atoms with van der Waals surface area (Å²) >= 11 is 6.00. The molecule has 2 aromatic rings. The van der Waals surface area contributed by atoms with Gasteiger partial charge in [0.15, 0.2) is 5.82 Å². The fourth-order valence-corrected chi connectivity index (χ4v) is 1.88. The van der Waals surface area contributed by atoms with Gasteiger partial charge >= 0.3 is 0 Å². The molecule has 2 amide bonds. The summed E-state index contributed by atoms with van der Waals surface area (Å²) in [5, 5.41) is 5.12. The minimum absolute atomic E-state index is 0.142. The molecule has 0 fully saturated rings. The van der Waals surface area contributed by atoms with E-state index in [4.69, 9.17) is 11.6 Å². The summed E-state index contributed by atoms with van der Waals surface area (Å²) in [5.74, 6) is -1.67. The van der Waals surface area contributed by atoms with Crippen LogP contribution in [-0.2, 0) is 0 Å². The van der Waals surface area contributed by atoms with Crippen LogP contribution in [-0.4, -0.2) is 23.8 Å². The average molecular weight is 308 g/mol. The smallest absolute Gasteiger partial charge is 0.258 e. The van der Waals surface area contributed by atoms with E-state index < -0.39 is 11.7 Å². The normalized spacial score (nSPS) is 10.0. The molecule has 0 bridgehead atoms. The van der Waals surface area contributed by atoms with Gasteiger partial charge in [0.25, 0.3) is 11.8 Å². The molecule has 0 saturated heterocycles. The number of halogens is 2. The van der Waals surface area contributed by atoms with Crippen molar-refractivity contribution in [2.75, 3.05) is 12.4 Å². The minimum atomic E-state index is -0.729. The van der Waals surface area contributed by atoms with Crippen LogP contribution in [0, 0.1) is 5.82 Å². The SMILES string of the molecule is CNC(=O)c1ccc(NC(=O)c2ccncc2F)c(Cl)c1. The van der Waals surface area contributed by atoms with Crippen LogP contribution in [0.4, 0.5) is 10.1 Å². The lowest BCUT2D eigenvalue weighted by Crippen LogP contribution is -2.18. The van der Waals surface area contributed by atoms with Gasteiger partial charge in [0.05, 0.1) is 22.5 Å². The molecule has 0 saturated carbocycles. The second kappa shape index (κ2) is 6.32. The largest absolute Gasteiger partial charge is 0.355 e. The first-order chi connectivity index (χ1) is 10.0. The summed E-state index contributed by atoms with van der Waals surface area (Å²) in [7, 11) is 1.50. The van der Waals surface area contributed by atoms with E-state index in [0.717, 1.165) is 6.20 Å². The molecule has 0 spiro atoms. The van der Waals surface area contributed by atoms with Crippen molar-refractivity contribution in [1.29, 1.82) is 0 Å². The summed E-state index contributed by atoms with van der Waals surface area (Å²) in [5.41, 5.74) is 0.498. The topological polar surface area (TPSA) is 71.1 Å². The molecule has 2 N–H and O–H groups in total. The lowest BCUT2D eigenvalue weighted by atomic mass is 10.2. The summed E-state index contributed by atoms with van der Waals surface area (Å²) in [4.78, 5) is 27.0. The first-order valence-electron chi connectivity index (χ1n) is 5.95. The zero-order chi connectivity index (χ0) is 15.4. The Morgan fingerprint density at radius 2 is 2.00 bits per heavy atom. The molecule has 0 radical (unpaired) electrons. The summed E-state index contributed by atoms with van der Waals surface area (Å²) in [6, 6.07) is 5.66. The maximum absolute atomic E-state index is 13.4. The predicted octanol–water partition coefficient (Wildman–Crippen LogP) is 2.49. The molecule has 108 valence electrons. The maximum atomic E-state index is 13.4. The summed E-state index contributed by atoms with van der Waals surface area (Å²) in [6.07, 6.45) is 2.26. The van der Waals surface area contributed by atoms with Gasteiger partial charge in [-0.2, -0.15) is 0 Å². The zero-order valence-electron chi connectivity index (χ0n) is 11.0. The van der Waals surface area contributed by atoms with E-state index in [0.29, 0.717) is 5.56 Å². The van der Waals surface area contributed by atoms with Crippen LogP contribution in [0.25, 0.3) is 0 Å². The molecule has 1 heterocycles. The van der Waals surface area contributed by atoms with E-state index in [9.17, 15) is 14.0 Å². The number of amides is 2. The molecule has 0 aliphatic heterocycles. The second-order valence-electron chi connectivity index (χ2n) is 4.08. The molecule has 0 unspecified atom stereocenters. The number of benzene rings is 1. The molecule has 5 nitrogen and oxygen atoms in total. The highest BCUT2D eigenvalue weighted by Gasteiger charge is 2.14. The fourth-order valence-electron chi connectivity index (χ4n) is 1.65. The highest BCUT2D eigenvalue weighted by atomic mass is 35.5. The Morgan fingerprint density at radius 1 is 1.24 bits per heavy atom. The maximum Gasteiger partial charge on any atom is 0.258 e. The van der Waals surface area contributed by atoms with Crippen LogP contribution >= 0.6 is 11.6 Å². The molecule has 0 atom stereocenters. The quantitative estimate of drug-likeness (QED) is 0.915. The van der Waals surface area contributed by atoms with Gasteiger partial charge in [-0.3, -0.25) is 14.6 Å². The number of aromatic nitrogens is 1. The summed E-state index contributed by atoms with van der Waals surface area (Å²) in [6.45, 7) is 0. The Hall–Kier alpha value is -2.47. The first kappa shape index (κ1) is 14.9. The molecule has 7 heteroatoms. The molecule has 0 aliphatic rings. The first-order valence-corrected chi connectivity index (χ1v) is 6.33. The van der Waals surface area contributed by atoms with Gasteiger partial charge in [-0.05, 0) is 24.3 Å². The Labute approximate surface area is 125 Å². The number of anilines is 1. The third-order valence-corrected chi connectivity index (χ3v) is 3.04. The highest BCUT2D eigenvalue weighted by Crippen LogP contribution is 2.24. The third-order valence-electron chi connectivity index (χ3n) is 2.72. The van der Waals surface area contributed by atoms with Crippen LogP contribution in [0.5, 0.6) is 0 Å². The van der Waals surface area contributed by atoms with Crippen molar-refractivity contribution < 1.29 is 14.0 Å². The second-order valence-corrected chi connectivity index (χ2v) is 4.49. The summed E-state index contributed by atoms with van der Waals surface area (Å²) < 4.78 is 13.4. The Balaban J connectivity index is 2.22. The average Bonchev–Trinajstić information content (AvgIpc) is 2.48. The van der Waals surface area contributed by atoms with Gasteiger partial charge in [-0.1, -0.05) is 11.6 Å². The number of carbonyl (C=O) groups is 2. The van der Waals surface area contributed by atoms with Crippen molar-refractivity contribution in [2.24, 2.45) is 0 Å². The van der Waals surface area contributed by atoms with Crippen LogP contribution in [0.15, 0.2) is 36.7 Å². The lowest BCUT2D eigenvalue weighted by molar-refractivity contribution is 0.0962. The Bertz CT molecular complexity index is 706. The number of hydrogen-bond acceptors (Lipinski definition) is 3. The number of pyridine rings is 1. The Kier molecular flexibility index (Phi) is 4.49. The number of hydrogen-bond donors (Lipinski definition) is 2. The monoisotopic (exact) mass is 307 g/mol. The van der Waals surface area contributed by atoms with Crippen molar-refractivity contribution in [1.82, 2.24) is 10.3 Å². The number of rotatable bonds is 3. The van der Waals surface area contributed by atoms with E-state index in [-0.39, 0.29) is 22.2 Å². The van der Waals surface area contributed by atoms with Crippen molar-refractivity contribution in [3.63, 3.8) is 0 Å². The van der Waals surface area contributed by atoms with Gasteiger partial charge in [0.2, 0.25) is 0 Å². The molecule has 2 rings (SSSR count). The van der Waals surface area contributed by atoms with Crippen molar-refractivity contribution in [3.8, 4) is 0 Å². The van der Waals surface area contributed by atoms with Crippen LogP contribution < -0.4 is 10.6 Å². The highest BCUT2D eigenvalue weighted by molar-refractivity contribution is 6.34. The standard InChI is InChI=1S/C14H11ClFN3O2/c1-17-13(20)8-2-3-12(10(15)6-8)19-14(21)9-4-5-18-7-11(9)16/h2-7H,1H3,(H,17,20)(H,19,21). The molecule has 1 aromatic carbocycles. The van der Waals surface area contributed by atoms with E-state index in [1.54, 1.807) is 0 Å². The number of nitrogens with zero attached hydrogens (tertiary/aromatic N) is 1. The van der Waals surface area contributed by atoms with Crippen molar-refractivity contribution in [2.45, 2.75) is 0 Å².